The number of thioether (sulfide) groups is 1. The van der Waals surface area contributed by atoms with Crippen LogP contribution in [0.5, 0.6) is 0 Å². The summed E-state index contributed by atoms with van der Waals surface area (Å²) in [6.07, 6.45) is 1.95. The Morgan fingerprint density at radius 3 is 2.67 bits per heavy atom. The van der Waals surface area contributed by atoms with Crippen molar-refractivity contribution in [3.8, 4) is 0 Å². The third-order valence-electron chi connectivity index (χ3n) is 4.51. The lowest BCUT2D eigenvalue weighted by Crippen LogP contribution is -2.37. The molecule has 1 aromatic rings. The predicted molar refractivity (Wildman–Crippen MR) is 106 cm³/mol. The van der Waals surface area contributed by atoms with Crippen LogP contribution in [0.15, 0.2) is 10.6 Å². The van der Waals surface area contributed by atoms with Crippen molar-refractivity contribution in [1.29, 1.82) is 0 Å². The molecule has 1 fully saturated rings. The molecule has 0 radical (unpaired) electrons. The first kappa shape index (κ1) is 22.2. The van der Waals surface area contributed by atoms with E-state index < -0.39 is 4.75 Å². The Bertz CT molecular complexity index is 597. The fourth-order valence-electron chi connectivity index (χ4n) is 2.72. The number of nitrogens with one attached hydrogen (secondary N) is 1. The third-order valence-corrected chi connectivity index (χ3v) is 6.09. The van der Waals surface area contributed by atoms with E-state index in [1.807, 2.05) is 27.7 Å². The lowest BCUT2D eigenvalue weighted by atomic mass is 9.90. The molecule has 1 aromatic heterocycles. The van der Waals surface area contributed by atoms with Crippen LogP contribution in [0.25, 0.3) is 0 Å². The Morgan fingerprint density at radius 2 is 2.00 bits per heavy atom. The van der Waals surface area contributed by atoms with Gasteiger partial charge in [-0.05, 0) is 26.7 Å². The van der Waals surface area contributed by atoms with E-state index in [1.165, 1.54) is 0 Å². The van der Waals surface area contributed by atoms with Crippen LogP contribution in [0.4, 0.5) is 5.88 Å². The lowest BCUT2D eigenvalue weighted by molar-refractivity contribution is -0.117. The van der Waals surface area contributed by atoms with Crippen LogP contribution < -0.4 is 5.32 Å². The molecule has 8 heteroatoms. The molecule has 0 aromatic carbocycles. The number of carbonyl (C=O) groups excluding carboxylic acids is 1. The monoisotopic (exact) mass is 400 g/mol. The highest BCUT2D eigenvalue weighted by molar-refractivity contribution is 8.02. The van der Waals surface area contributed by atoms with Gasteiger partial charge in [0.1, 0.15) is 0 Å². The quantitative estimate of drug-likeness (QED) is 0.604. The van der Waals surface area contributed by atoms with Gasteiger partial charge in [0.05, 0.1) is 30.3 Å². The van der Waals surface area contributed by atoms with Gasteiger partial charge in [0.2, 0.25) is 11.8 Å². The Labute approximate surface area is 165 Å². The summed E-state index contributed by atoms with van der Waals surface area (Å²) in [4.78, 5) is 12.7. The molecular weight excluding hydrogens is 368 g/mol. The number of hydrogen-bond donors (Lipinski definition) is 1. The van der Waals surface area contributed by atoms with Crippen LogP contribution in [0.2, 0.25) is 0 Å². The van der Waals surface area contributed by atoms with Gasteiger partial charge in [-0.1, -0.05) is 19.0 Å². The highest BCUT2D eigenvalue weighted by Gasteiger charge is 2.34. The smallest absolute Gasteiger partial charge is 0.242 e. The molecule has 1 N–H and O–H groups in total. The normalized spacial score (nSPS) is 16.5. The molecule has 27 heavy (non-hydrogen) atoms. The van der Waals surface area contributed by atoms with E-state index in [-0.39, 0.29) is 11.3 Å². The minimum Gasteiger partial charge on any atom is -0.382 e. The zero-order valence-electron chi connectivity index (χ0n) is 17.0. The number of carbonyl (C=O) groups is 1. The summed E-state index contributed by atoms with van der Waals surface area (Å²) in [5, 5.41) is 7.41. The van der Waals surface area contributed by atoms with Crippen molar-refractivity contribution >= 4 is 23.6 Å². The number of amides is 1. The number of methoxy groups -OCH3 is 1. The van der Waals surface area contributed by atoms with Gasteiger partial charge in [-0.25, -0.2) is 0 Å². The zero-order chi connectivity index (χ0) is 19.9. The summed E-state index contributed by atoms with van der Waals surface area (Å²) in [5.41, 5.74) is 0.414. The molecule has 0 saturated carbocycles. The van der Waals surface area contributed by atoms with Crippen LogP contribution in [0, 0.1) is 0 Å². The zero-order valence-corrected chi connectivity index (χ0v) is 17.8. The maximum atomic E-state index is 12.7. The molecule has 1 aliphatic rings. The van der Waals surface area contributed by atoms with Crippen LogP contribution in [-0.4, -0.2) is 61.2 Å². The van der Waals surface area contributed by atoms with Gasteiger partial charge < -0.3 is 18.7 Å². The first-order chi connectivity index (χ1) is 12.7. The summed E-state index contributed by atoms with van der Waals surface area (Å²) in [6, 6.07) is 1.77. The van der Waals surface area contributed by atoms with Gasteiger partial charge >= 0.3 is 0 Å². The average molecular weight is 401 g/mol. The van der Waals surface area contributed by atoms with E-state index in [1.54, 1.807) is 24.9 Å². The number of anilines is 1. The minimum atomic E-state index is -0.562. The Balaban J connectivity index is 1.90. The molecule has 1 aliphatic heterocycles. The van der Waals surface area contributed by atoms with Crippen molar-refractivity contribution in [2.75, 3.05) is 45.5 Å². The van der Waals surface area contributed by atoms with E-state index in [4.69, 9.17) is 18.7 Å². The van der Waals surface area contributed by atoms with Gasteiger partial charge in [-0.3, -0.25) is 10.1 Å². The number of nitrogens with zero attached hydrogens (tertiary/aromatic N) is 1. The fourth-order valence-corrected chi connectivity index (χ4v) is 4.14. The van der Waals surface area contributed by atoms with Crippen molar-refractivity contribution in [3.63, 3.8) is 0 Å². The van der Waals surface area contributed by atoms with Crippen molar-refractivity contribution in [1.82, 2.24) is 5.16 Å². The summed E-state index contributed by atoms with van der Waals surface area (Å²) >= 11 is 1.69. The molecule has 7 nitrogen and oxygen atoms in total. The van der Waals surface area contributed by atoms with Gasteiger partial charge in [-0.15, -0.1) is 11.8 Å². The summed E-state index contributed by atoms with van der Waals surface area (Å²) in [6.45, 7) is 11.0. The van der Waals surface area contributed by atoms with E-state index in [0.717, 1.165) is 31.7 Å². The number of aromatic nitrogens is 1. The van der Waals surface area contributed by atoms with Crippen LogP contribution in [-0.2, 0) is 24.4 Å². The van der Waals surface area contributed by atoms with Crippen LogP contribution >= 0.6 is 11.8 Å². The SMILES string of the molecule is COCCOCC(C)(C)c1cc(NC(=O)C(C)(C)SC2CCOCC2)on1. The molecule has 0 bridgehead atoms. The Morgan fingerprint density at radius 1 is 1.30 bits per heavy atom. The molecule has 2 heterocycles. The van der Waals surface area contributed by atoms with Crippen molar-refractivity contribution in [2.45, 2.75) is 55.9 Å². The second-order valence-electron chi connectivity index (χ2n) is 7.90. The van der Waals surface area contributed by atoms with Crippen molar-refractivity contribution < 1.29 is 23.5 Å². The second kappa shape index (κ2) is 9.91. The van der Waals surface area contributed by atoms with Gasteiger partial charge in [0.15, 0.2) is 0 Å². The summed E-state index contributed by atoms with van der Waals surface area (Å²) in [5.74, 6) is 0.275. The second-order valence-corrected chi connectivity index (χ2v) is 9.82. The van der Waals surface area contributed by atoms with Gasteiger partial charge in [-0.2, -0.15) is 0 Å². The molecule has 0 atom stereocenters. The molecule has 0 aliphatic carbocycles. The lowest BCUT2D eigenvalue weighted by Gasteiger charge is -2.30. The fraction of sp³-hybridized carbons (Fsp3) is 0.789. The molecule has 2 rings (SSSR count). The van der Waals surface area contributed by atoms with E-state index in [0.29, 0.717) is 31.0 Å². The first-order valence-electron chi connectivity index (χ1n) is 9.35. The molecular formula is C19H32N2O5S. The molecule has 1 amide bonds. The van der Waals surface area contributed by atoms with E-state index in [2.05, 4.69) is 10.5 Å². The van der Waals surface area contributed by atoms with Crippen LogP contribution in [0.1, 0.15) is 46.2 Å². The molecule has 0 spiro atoms. The topological polar surface area (TPSA) is 82.8 Å². The van der Waals surface area contributed by atoms with E-state index >= 15 is 0 Å². The summed E-state index contributed by atoms with van der Waals surface area (Å²) in [7, 11) is 1.64. The summed E-state index contributed by atoms with van der Waals surface area (Å²) < 4.78 is 20.8. The number of ether oxygens (including phenoxy) is 3. The highest BCUT2D eigenvalue weighted by Crippen LogP contribution is 2.35. The van der Waals surface area contributed by atoms with Crippen LogP contribution in [0.3, 0.4) is 0 Å². The maximum Gasteiger partial charge on any atom is 0.242 e. The van der Waals surface area contributed by atoms with Crippen molar-refractivity contribution in [3.05, 3.63) is 11.8 Å². The van der Waals surface area contributed by atoms with Gasteiger partial charge in [0.25, 0.3) is 0 Å². The largest absolute Gasteiger partial charge is 0.382 e. The first-order valence-corrected chi connectivity index (χ1v) is 10.2. The Kier molecular flexibility index (Phi) is 8.15. The Hall–Kier alpha value is -1.09. The average Bonchev–Trinajstić information content (AvgIpc) is 3.09. The third kappa shape index (κ3) is 6.78. The standard InChI is InChI=1S/C19H32N2O5S/c1-18(2,13-25-11-10-23-5)15-12-16(26-21-15)20-17(22)19(3,4)27-14-6-8-24-9-7-14/h12,14H,6-11,13H2,1-5H3,(H,20,22). The maximum absolute atomic E-state index is 12.7. The van der Waals surface area contributed by atoms with Crippen molar-refractivity contribution in [2.24, 2.45) is 0 Å². The molecule has 1 saturated heterocycles. The number of rotatable bonds is 10. The van der Waals surface area contributed by atoms with Gasteiger partial charge in [0, 0.05) is 37.1 Å². The van der Waals surface area contributed by atoms with E-state index in [9.17, 15) is 4.79 Å². The minimum absolute atomic E-state index is 0.0872. The number of hydrogen-bond acceptors (Lipinski definition) is 7. The molecule has 0 unspecified atom stereocenters. The molecule has 154 valence electrons. The highest BCUT2D eigenvalue weighted by atomic mass is 32.2. The predicted octanol–water partition coefficient (Wildman–Crippen LogP) is 3.24.